The lowest BCUT2D eigenvalue weighted by molar-refractivity contribution is 0.669. The molecule has 4 aromatic heterocycles. The van der Waals surface area contributed by atoms with Gasteiger partial charge in [0.05, 0.1) is 22.8 Å². The Labute approximate surface area is 381 Å². The maximum atomic E-state index is 6.71. The second kappa shape index (κ2) is 13.6. The van der Waals surface area contributed by atoms with E-state index in [2.05, 4.69) is 198 Å². The quantitative estimate of drug-likeness (QED) is 0.176. The van der Waals surface area contributed by atoms with Crippen molar-refractivity contribution in [1.82, 2.24) is 19.5 Å². The van der Waals surface area contributed by atoms with Gasteiger partial charge in [0.25, 0.3) is 0 Å². The van der Waals surface area contributed by atoms with Crippen molar-refractivity contribution in [3.8, 4) is 28.5 Å². The third-order valence-corrected chi connectivity index (χ3v) is 15.0. The smallest absolute Gasteiger partial charge is 0.234 e. The number of fused-ring (bicyclic) bond motifs is 14. The molecule has 308 valence electrons. The molecule has 2 atom stereocenters. The Morgan fingerprint density at radius 2 is 1.11 bits per heavy atom. The van der Waals surface area contributed by atoms with Crippen LogP contribution in [0.3, 0.4) is 0 Å². The fourth-order valence-electron chi connectivity index (χ4n) is 10.9. The number of benzene rings is 9. The Bertz CT molecular complexity index is 4190. The van der Waals surface area contributed by atoms with E-state index in [-0.39, 0.29) is 12.0 Å². The molecule has 0 spiro atoms. The zero-order chi connectivity index (χ0) is 43.0. The predicted octanol–water partition coefficient (Wildman–Crippen LogP) is 15.6. The Kier molecular flexibility index (Phi) is 7.40. The highest BCUT2D eigenvalue weighted by molar-refractivity contribution is 7.25. The van der Waals surface area contributed by atoms with Crippen LogP contribution in [0.2, 0.25) is 0 Å². The zero-order valence-electron chi connectivity index (χ0n) is 35.3. The second-order valence-electron chi connectivity index (χ2n) is 17.5. The number of nitrogens with zero attached hydrogens (tertiary/aromatic N) is 5. The van der Waals surface area contributed by atoms with Crippen molar-refractivity contribution in [2.45, 2.75) is 12.0 Å². The zero-order valence-corrected chi connectivity index (χ0v) is 36.1. The fourth-order valence-corrected chi connectivity index (χ4v) is 12.0. The Morgan fingerprint density at radius 1 is 0.455 bits per heavy atom. The summed E-state index contributed by atoms with van der Waals surface area (Å²) >= 11 is 1.80. The number of allylic oxidation sites excluding steroid dienone is 2. The molecular weight excluding hydrogens is 827 g/mol. The Hall–Kier alpha value is -8.39. The van der Waals surface area contributed by atoms with Crippen molar-refractivity contribution in [2.24, 2.45) is 0 Å². The molecule has 0 saturated heterocycles. The van der Waals surface area contributed by atoms with Crippen LogP contribution in [0.25, 0.3) is 114 Å². The van der Waals surface area contributed by atoms with Crippen molar-refractivity contribution < 1.29 is 4.42 Å². The molecule has 1 aliphatic carbocycles. The van der Waals surface area contributed by atoms with Crippen molar-refractivity contribution in [3.63, 3.8) is 0 Å². The minimum Gasteiger partial charge on any atom is -0.456 e. The summed E-state index contributed by atoms with van der Waals surface area (Å²) in [4.78, 5) is 18.9. The van der Waals surface area contributed by atoms with Crippen LogP contribution in [0.4, 0.5) is 11.6 Å². The number of rotatable bonds is 4. The van der Waals surface area contributed by atoms with Crippen LogP contribution in [0.5, 0.6) is 0 Å². The first kappa shape index (κ1) is 36.0. The van der Waals surface area contributed by atoms with E-state index >= 15 is 0 Å². The van der Waals surface area contributed by atoms with Gasteiger partial charge in [0, 0.05) is 64.4 Å². The minimum atomic E-state index is -0.00297. The highest BCUT2D eigenvalue weighted by Crippen LogP contribution is 2.48. The molecule has 0 amide bonds. The first-order valence-electron chi connectivity index (χ1n) is 22.4. The van der Waals surface area contributed by atoms with Crippen LogP contribution < -0.4 is 4.90 Å². The number of furan rings is 1. The molecule has 0 radical (unpaired) electrons. The van der Waals surface area contributed by atoms with Crippen molar-refractivity contribution in [2.75, 3.05) is 4.90 Å². The third kappa shape index (κ3) is 5.20. The van der Waals surface area contributed by atoms with Gasteiger partial charge in [0.15, 0.2) is 11.6 Å². The van der Waals surface area contributed by atoms with E-state index in [0.29, 0.717) is 17.6 Å². The Balaban J connectivity index is 1.06. The molecule has 0 N–H and O–H groups in total. The van der Waals surface area contributed by atoms with Gasteiger partial charge < -0.3 is 13.9 Å². The van der Waals surface area contributed by atoms with Crippen LogP contribution >= 0.6 is 11.3 Å². The van der Waals surface area contributed by atoms with E-state index in [1.807, 2.05) is 12.1 Å². The van der Waals surface area contributed by atoms with Gasteiger partial charge in [-0.05, 0) is 87.8 Å². The maximum Gasteiger partial charge on any atom is 0.234 e. The van der Waals surface area contributed by atoms with E-state index in [9.17, 15) is 0 Å². The molecule has 5 heterocycles. The number of hydrogen-bond acceptors (Lipinski definition) is 6. The number of thiophene rings is 1. The fraction of sp³-hybridized carbons (Fsp3) is 0.0339. The molecule has 0 bridgehead atoms. The van der Waals surface area contributed by atoms with Gasteiger partial charge >= 0.3 is 0 Å². The molecule has 2 aliphatic rings. The van der Waals surface area contributed by atoms with Crippen molar-refractivity contribution in [3.05, 3.63) is 206 Å². The van der Waals surface area contributed by atoms with Crippen LogP contribution in [0.1, 0.15) is 11.5 Å². The first-order valence-corrected chi connectivity index (χ1v) is 23.2. The summed E-state index contributed by atoms with van der Waals surface area (Å²) in [5.74, 6) is 1.94. The van der Waals surface area contributed by atoms with Gasteiger partial charge in [-0.3, -0.25) is 0 Å². The van der Waals surface area contributed by atoms with Crippen molar-refractivity contribution >= 4 is 108 Å². The molecule has 1 aliphatic heterocycles. The number of hydrogen-bond donors (Lipinski definition) is 0. The summed E-state index contributed by atoms with van der Waals surface area (Å²) in [6.45, 7) is 0. The molecular formula is C59H35N5OS. The third-order valence-electron chi connectivity index (χ3n) is 13.9. The average Bonchev–Trinajstić information content (AvgIpc) is 4.11. The normalized spacial score (nSPS) is 15.7. The lowest BCUT2D eigenvalue weighted by Gasteiger charge is -2.27. The number of para-hydroxylation sites is 2. The molecule has 0 fully saturated rings. The largest absolute Gasteiger partial charge is 0.456 e. The molecule has 0 saturated carbocycles. The van der Waals surface area contributed by atoms with Gasteiger partial charge in [-0.15, -0.1) is 11.3 Å². The molecule has 7 heteroatoms. The van der Waals surface area contributed by atoms with E-state index in [4.69, 9.17) is 19.4 Å². The summed E-state index contributed by atoms with van der Waals surface area (Å²) in [6, 6.07) is 63.3. The van der Waals surface area contributed by atoms with E-state index in [1.54, 1.807) is 11.3 Å². The Morgan fingerprint density at radius 3 is 1.91 bits per heavy atom. The van der Waals surface area contributed by atoms with Crippen LogP contribution in [-0.2, 0) is 0 Å². The number of anilines is 2. The van der Waals surface area contributed by atoms with E-state index < -0.39 is 0 Å². The number of aromatic nitrogens is 4. The molecule has 2 unspecified atom stereocenters. The second-order valence-corrected chi connectivity index (χ2v) is 18.6. The molecule has 6 nitrogen and oxygen atoms in total. The summed E-state index contributed by atoms with van der Waals surface area (Å²) in [6.07, 6.45) is 8.86. The topological polar surface area (TPSA) is 60.0 Å². The van der Waals surface area contributed by atoms with Gasteiger partial charge in [-0.25, -0.2) is 4.98 Å². The summed E-state index contributed by atoms with van der Waals surface area (Å²) in [5, 5.41) is 11.7. The summed E-state index contributed by atoms with van der Waals surface area (Å²) < 4.78 is 11.6. The summed E-state index contributed by atoms with van der Waals surface area (Å²) in [7, 11) is 0. The highest BCUT2D eigenvalue weighted by atomic mass is 32.1. The van der Waals surface area contributed by atoms with Crippen LogP contribution in [-0.4, -0.2) is 25.6 Å². The van der Waals surface area contributed by atoms with Crippen LogP contribution in [0.15, 0.2) is 205 Å². The van der Waals surface area contributed by atoms with Gasteiger partial charge in [0.2, 0.25) is 5.95 Å². The predicted molar refractivity (Wildman–Crippen MR) is 274 cm³/mol. The summed E-state index contributed by atoms with van der Waals surface area (Å²) in [5.41, 5.74) is 8.91. The molecule has 15 rings (SSSR count). The van der Waals surface area contributed by atoms with Gasteiger partial charge in [0.1, 0.15) is 11.2 Å². The van der Waals surface area contributed by atoms with E-state index in [0.717, 1.165) is 55.5 Å². The van der Waals surface area contributed by atoms with Gasteiger partial charge in [-0.2, -0.15) is 9.97 Å². The monoisotopic (exact) mass is 861 g/mol. The molecule has 66 heavy (non-hydrogen) atoms. The highest BCUT2D eigenvalue weighted by Gasteiger charge is 2.39. The standard InChI is InChI=1S/C59H35N5OS/c1-3-15-36-29-50-44(27-34(36)13-1)45-28-35-14-2-4-16-37(35)30-51(45)63(50)52-32-46-41-19-7-11-23-53(41)65-54(46)33-47(52)58-60-57(38-25-26-43-42-20-8-12-24-55(42)66-56(43)31-38)61-59(62-58)64-48-21-9-5-17-39(48)40-18-6-10-22-49(40)64/h1-33,39,48H. The van der Waals surface area contributed by atoms with Crippen molar-refractivity contribution in [1.29, 1.82) is 0 Å². The average molecular weight is 862 g/mol. The lowest BCUT2D eigenvalue weighted by atomic mass is 9.92. The first-order chi connectivity index (χ1) is 32.7. The maximum absolute atomic E-state index is 6.71. The van der Waals surface area contributed by atoms with E-state index in [1.165, 1.54) is 58.1 Å². The minimum absolute atomic E-state index is 0.00297. The van der Waals surface area contributed by atoms with Crippen LogP contribution in [0, 0.1) is 0 Å². The lowest BCUT2D eigenvalue weighted by Crippen LogP contribution is -2.30. The molecule has 13 aromatic rings. The molecule has 9 aromatic carbocycles. The van der Waals surface area contributed by atoms with Gasteiger partial charge in [-0.1, -0.05) is 140 Å². The SMILES string of the molecule is C1=CC2c3ccccc3N(c3nc(-c4ccc5c(c4)sc4ccccc45)nc(-c4cc5oc6ccccc6c5cc4-n4c5cc6ccccc6cc5c5cc6ccccc6cc54)n3)C2C=C1.